The topological polar surface area (TPSA) is 84.9 Å². The van der Waals surface area contributed by atoms with Crippen molar-refractivity contribution >= 4 is 21.6 Å². The molecule has 9 heteroatoms. The molecule has 1 fully saturated rings. The molecule has 3 rings (SSSR count). The highest BCUT2D eigenvalue weighted by Crippen LogP contribution is 2.24. The predicted molar refractivity (Wildman–Crippen MR) is 101 cm³/mol. The first-order chi connectivity index (χ1) is 13.3. The van der Waals surface area contributed by atoms with E-state index >= 15 is 0 Å². The molecule has 2 aromatic rings. The summed E-state index contributed by atoms with van der Waals surface area (Å²) in [7, 11) is -3.83. The number of hydrogen-bond acceptors (Lipinski definition) is 5. The largest absolute Gasteiger partial charge is 0.483 e. The highest BCUT2D eigenvalue weighted by Gasteiger charge is 2.19. The third kappa shape index (κ3) is 4.99. The second-order valence-corrected chi connectivity index (χ2v) is 8.00. The molecule has 1 amide bonds. The number of amides is 1. The van der Waals surface area contributed by atoms with Gasteiger partial charge in [-0.3, -0.25) is 9.52 Å². The lowest BCUT2D eigenvalue weighted by atomic mass is 10.2. The first-order valence-corrected chi connectivity index (χ1v) is 10.2. The van der Waals surface area contributed by atoms with Gasteiger partial charge in [0.1, 0.15) is 11.6 Å². The quantitative estimate of drug-likeness (QED) is 0.792. The number of ether oxygens (including phenoxy) is 2. The zero-order chi connectivity index (χ0) is 20.1. The van der Waals surface area contributed by atoms with Crippen LogP contribution in [0.15, 0.2) is 47.4 Å². The van der Waals surface area contributed by atoms with Crippen LogP contribution < -0.4 is 9.46 Å². The van der Waals surface area contributed by atoms with Gasteiger partial charge in [-0.1, -0.05) is 0 Å². The van der Waals surface area contributed by atoms with Crippen molar-refractivity contribution in [3.63, 3.8) is 0 Å². The fraction of sp³-hybridized carbons (Fsp3) is 0.316. The minimum absolute atomic E-state index is 0.0428. The Hall–Kier alpha value is -2.65. The van der Waals surface area contributed by atoms with Gasteiger partial charge in [0.05, 0.1) is 18.1 Å². The molecular weight excluding hydrogens is 387 g/mol. The number of carbonyl (C=O) groups excluding carboxylic acids is 1. The van der Waals surface area contributed by atoms with E-state index in [0.717, 1.165) is 0 Å². The zero-order valence-corrected chi connectivity index (χ0v) is 16.2. The van der Waals surface area contributed by atoms with Crippen LogP contribution in [-0.2, 0) is 19.6 Å². The number of halogens is 1. The lowest BCUT2D eigenvalue weighted by molar-refractivity contribution is -0.137. The van der Waals surface area contributed by atoms with Gasteiger partial charge in [-0.05, 0) is 55.0 Å². The number of nitrogens with one attached hydrogen (secondary N) is 1. The van der Waals surface area contributed by atoms with Crippen molar-refractivity contribution in [3.8, 4) is 5.75 Å². The molecule has 0 saturated carbocycles. The lowest BCUT2D eigenvalue weighted by Crippen LogP contribution is -2.43. The van der Waals surface area contributed by atoms with Crippen LogP contribution in [0.1, 0.15) is 5.56 Å². The van der Waals surface area contributed by atoms with Crippen LogP contribution in [0, 0.1) is 12.7 Å². The Bertz CT molecular complexity index is 941. The molecule has 7 nitrogen and oxygen atoms in total. The molecule has 150 valence electrons. The highest BCUT2D eigenvalue weighted by molar-refractivity contribution is 7.92. The van der Waals surface area contributed by atoms with Gasteiger partial charge in [-0.2, -0.15) is 0 Å². The van der Waals surface area contributed by atoms with Crippen LogP contribution in [-0.4, -0.2) is 52.1 Å². The average molecular weight is 408 g/mol. The van der Waals surface area contributed by atoms with E-state index in [2.05, 4.69) is 4.72 Å². The van der Waals surface area contributed by atoms with E-state index in [1.54, 1.807) is 11.8 Å². The minimum Gasteiger partial charge on any atom is -0.483 e. The van der Waals surface area contributed by atoms with E-state index in [-0.39, 0.29) is 23.1 Å². The molecule has 0 aliphatic carbocycles. The van der Waals surface area contributed by atoms with Gasteiger partial charge < -0.3 is 14.4 Å². The number of morpholine rings is 1. The number of sulfonamides is 1. The maximum absolute atomic E-state index is 13.0. The van der Waals surface area contributed by atoms with Crippen LogP contribution in [0.25, 0.3) is 0 Å². The summed E-state index contributed by atoms with van der Waals surface area (Å²) in [6.45, 7) is 3.67. The zero-order valence-electron chi connectivity index (χ0n) is 15.4. The van der Waals surface area contributed by atoms with Crippen LogP contribution in [0.4, 0.5) is 10.1 Å². The van der Waals surface area contributed by atoms with Crippen molar-refractivity contribution in [1.82, 2.24) is 4.90 Å². The fourth-order valence-electron chi connectivity index (χ4n) is 2.73. The van der Waals surface area contributed by atoms with E-state index in [1.807, 2.05) is 0 Å². The number of nitrogens with zero attached hydrogens (tertiary/aromatic N) is 1. The van der Waals surface area contributed by atoms with E-state index in [9.17, 15) is 17.6 Å². The summed E-state index contributed by atoms with van der Waals surface area (Å²) in [5, 5.41) is 0. The summed E-state index contributed by atoms with van der Waals surface area (Å²) in [5.41, 5.74) is 0.840. The Balaban J connectivity index is 1.65. The standard InChI is InChI=1S/C19H21FN2O5S/c1-14-12-17(28(24,25)21-16-4-2-15(20)3-5-16)6-7-18(14)27-13-19(23)22-8-10-26-11-9-22/h2-7,12,21H,8-11,13H2,1H3. The molecule has 2 aromatic carbocycles. The minimum atomic E-state index is -3.83. The van der Waals surface area contributed by atoms with Crippen molar-refractivity contribution in [3.05, 3.63) is 53.8 Å². The first kappa shape index (κ1) is 20.1. The van der Waals surface area contributed by atoms with Gasteiger partial charge in [0.15, 0.2) is 6.61 Å². The SMILES string of the molecule is Cc1cc(S(=O)(=O)Nc2ccc(F)cc2)ccc1OCC(=O)N1CCOCC1. The number of rotatable bonds is 6. The molecule has 0 unspecified atom stereocenters. The molecule has 28 heavy (non-hydrogen) atoms. The van der Waals surface area contributed by atoms with Crippen molar-refractivity contribution < 1.29 is 27.1 Å². The number of benzene rings is 2. The normalized spacial score (nSPS) is 14.6. The van der Waals surface area contributed by atoms with E-state index in [0.29, 0.717) is 37.6 Å². The van der Waals surface area contributed by atoms with Crippen LogP contribution in [0.2, 0.25) is 0 Å². The molecule has 0 aromatic heterocycles. The number of carbonyl (C=O) groups is 1. The summed E-state index contributed by atoms with van der Waals surface area (Å²) in [4.78, 5) is 13.9. The van der Waals surface area contributed by atoms with Crippen molar-refractivity contribution in [1.29, 1.82) is 0 Å². The molecule has 1 aliphatic rings. The molecule has 1 aliphatic heterocycles. The van der Waals surface area contributed by atoms with Crippen LogP contribution in [0.5, 0.6) is 5.75 Å². The predicted octanol–water partition coefficient (Wildman–Crippen LogP) is 2.17. The van der Waals surface area contributed by atoms with E-state index in [1.165, 1.54) is 42.5 Å². The third-order valence-corrected chi connectivity index (χ3v) is 5.65. The monoisotopic (exact) mass is 408 g/mol. The maximum Gasteiger partial charge on any atom is 0.261 e. The van der Waals surface area contributed by atoms with Gasteiger partial charge in [-0.25, -0.2) is 12.8 Å². The van der Waals surface area contributed by atoms with Crippen LogP contribution >= 0.6 is 0 Å². The summed E-state index contributed by atoms with van der Waals surface area (Å²) in [5.74, 6) is -0.161. The first-order valence-electron chi connectivity index (χ1n) is 8.72. The Kier molecular flexibility index (Phi) is 6.15. The second kappa shape index (κ2) is 8.57. The third-order valence-electron chi connectivity index (χ3n) is 4.27. The number of hydrogen-bond donors (Lipinski definition) is 1. The van der Waals surface area contributed by atoms with Crippen molar-refractivity contribution in [2.24, 2.45) is 0 Å². The number of anilines is 1. The summed E-state index contributed by atoms with van der Waals surface area (Å²) < 4.78 is 51.1. The van der Waals surface area contributed by atoms with Gasteiger partial charge in [0.2, 0.25) is 0 Å². The summed E-state index contributed by atoms with van der Waals surface area (Å²) in [6.07, 6.45) is 0. The Labute approximate surface area is 163 Å². The average Bonchev–Trinajstić information content (AvgIpc) is 2.69. The molecule has 0 bridgehead atoms. The highest BCUT2D eigenvalue weighted by atomic mass is 32.2. The van der Waals surface area contributed by atoms with E-state index in [4.69, 9.17) is 9.47 Å². The molecular formula is C19H21FN2O5S. The molecule has 1 N–H and O–H groups in total. The van der Waals surface area contributed by atoms with Crippen molar-refractivity contribution in [2.75, 3.05) is 37.6 Å². The Morgan fingerprint density at radius 2 is 1.86 bits per heavy atom. The summed E-state index contributed by atoms with van der Waals surface area (Å²) in [6, 6.07) is 9.40. The Morgan fingerprint density at radius 1 is 1.18 bits per heavy atom. The Morgan fingerprint density at radius 3 is 2.50 bits per heavy atom. The molecule has 0 spiro atoms. The van der Waals surface area contributed by atoms with Gasteiger partial charge in [-0.15, -0.1) is 0 Å². The summed E-state index contributed by atoms with van der Waals surface area (Å²) >= 11 is 0. The molecule has 0 radical (unpaired) electrons. The molecule has 1 saturated heterocycles. The molecule has 0 atom stereocenters. The fourth-order valence-corrected chi connectivity index (χ4v) is 3.87. The second-order valence-electron chi connectivity index (χ2n) is 6.32. The van der Waals surface area contributed by atoms with Gasteiger partial charge in [0, 0.05) is 18.8 Å². The smallest absolute Gasteiger partial charge is 0.261 e. The van der Waals surface area contributed by atoms with Crippen LogP contribution in [0.3, 0.4) is 0 Å². The van der Waals surface area contributed by atoms with Gasteiger partial charge in [0.25, 0.3) is 15.9 Å². The van der Waals surface area contributed by atoms with Crippen molar-refractivity contribution in [2.45, 2.75) is 11.8 Å². The van der Waals surface area contributed by atoms with E-state index < -0.39 is 15.8 Å². The maximum atomic E-state index is 13.0. The lowest BCUT2D eigenvalue weighted by Gasteiger charge is -2.26. The van der Waals surface area contributed by atoms with Gasteiger partial charge >= 0.3 is 0 Å². The molecule has 1 heterocycles. The number of aryl methyl sites for hydroxylation is 1.